The van der Waals surface area contributed by atoms with Crippen LogP contribution >= 0.6 is 0 Å². The van der Waals surface area contributed by atoms with Gasteiger partial charge in [0.05, 0.1) is 25.6 Å². The number of carbonyl (C=O) groups excluding carboxylic acids is 1. The zero-order valence-electron chi connectivity index (χ0n) is 24.9. The van der Waals surface area contributed by atoms with Crippen molar-refractivity contribution >= 4 is 33.9 Å². The normalized spacial score (nSPS) is 22.4. The summed E-state index contributed by atoms with van der Waals surface area (Å²) in [6.07, 6.45) is -9.83. The van der Waals surface area contributed by atoms with Crippen molar-refractivity contribution in [3.63, 3.8) is 0 Å². The van der Waals surface area contributed by atoms with E-state index >= 15 is 0 Å². The number of aliphatic carboxylic acids is 1. The Kier molecular flexibility index (Phi) is 9.50. The number of aliphatic hydroxyl groups excluding tert-OH is 3. The van der Waals surface area contributed by atoms with Crippen LogP contribution in [0.3, 0.4) is 0 Å². The van der Waals surface area contributed by atoms with Crippen LogP contribution in [0.4, 0.5) is 0 Å². The molecule has 5 rings (SSSR count). The Labute approximate surface area is 263 Å². The first-order chi connectivity index (χ1) is 22.2. The highest BCUT2D eigenvalue weighted by Gasteiger charge is 2.46. The lowest BCUT2D eigenvalue weighted by Gasteiger charge is -2.40. The molecule has 1 saturated heterocycles. The van der Waals surface area contributed by atoms with Gasteiger partial charge >= 0.3 is 23.2 Å². The van der Waals surface area contributed by atoms with E-state index in [2.05, 4.69) is 0 Å². The second-order valence-corrected chi connectivity index (χ2v) is 11.1. The molecule has 4 aromatic rings. The van der Waals surface area contributed by atoms with Gasteiger partial charge in [-0.05, 0) is 37.3 Å². The molecule has 6 atom stereocenters. The minimum atomic E-state index is -1.90. The Balaban J connectivity index is 1.33. The molecule has 16 heteroatoms. The van der Waals surface area contributed by atoms with E-state index in [1.54, 1.807) is 18.2 Å². The number of carboxylic acids is 1. The Hall–Kier alpha value is -5.00. The molecule has 0 amide bonds. The lowest BCUT2D eigenvalue weighted by molar-refractivity contribution is -0.278. The molecule has 5 N–H and O–H groups in total. The van der Waals surface area contributed by atoms with Crippen molar-refractivity contribution in [2.24, 2.45) is 0 Å². The van der Waals surface area contributed by atoms with E-state index in [0.717, 1.165) is 6.92 Å². The van der Waals surface area contributed by atoms with Crippen LogP contribution < -0.4 is 25.5 Å². The number of methoxy groups -OCH3 is 1. The smallest absolute Gasteiger partial charge is 0.379 e. The molecule has 0 bridgehead atoms. The maximum Gasteiger partial charge on any atom is 0.379 e. The van der Waals surface area contributed by atoms with Crippen molar-refractivity contribution in [3.8, 4) is 23.0 Å². The fourth-order valence-corrected chi connectivity index (χ4v) is 4.86. The minimum absolute atomic E-state index is 0.00688. The zero-order valence-corrected chi connectivity index (χ0v) is 24.9. The number of hydrogen-bond donors (Lipinski definition) is 5. The maximum absolute atomic E-state index is 12.8. The zero-order chi connectivity index (χ0) is 34.0. The summed E-state index contributed by atoms with van der Waals surface area (Å²) in [6, 6.07) is 11.6. The van der Waals surface area contributed by atoms with Crippen molar-refractivity contribution < 1.29 is 67.6 Å². The second-order valence-electron chi connectivity index (χ2n) is 11.1. The van der Waals surface area contributed by atoms with Gasteiger partial charge in [-0.3, -0.25) is 9.59 Å². The van der Waals surface area contributed by atoms with Crippen LogP contribution in [0.25, 0.3) is 21.9 Å². The number of carbonyl (C=O) groups is 2. The van der Waals surface area contributed by atoms with E-state index in [-0.39, 0.29) is 34.2 Å². The predicted octanol–water partition coefficient (Wildman–Crippen LogP) is 1.05. The standard InChI is InChI=1S/C31H30O16/c1-31(40,11-23(32)33)12-25(35)42-13-22-26(36)27(37)28(38)30(47-22)46-20-10-18-15(7-19(20)41-2)8-21(29(39)45-18)43-16-5-3-14-4-6-24(34)44-17(14)9-16/h3-10,22,26-28,30,36-38,40H,11-13H2,1-2H3,(H,32,33)/t22-,26-,27-,28-,30+,31-/m0/s1. The van der Waals surface area contributed by atoms with Crippen LogP contribution in [0.15, 0.2) is 67.0 Å². The van der Waals surface area contributed by atoms with E-state index < -0.39 is 78.9 Å². The molecule has 16 nitrogen and oxygen atoms in total. The van der Waals surface area contributed by atoms with Gasteiger partial charge in [-0.15, -0.1) is 0 Å². The first kappa shape index (κ1) is 33.4. The van der Waals surface area contributed by atoms with Crippen LogP contribution in [0.5, 0.6) is 23.0 Å². The Morgan fingerprint density at radius 2 is 1.55 bits per heavy atom. The SMILES string of the molecule is COc1cc2cc(Oc3ccc4ccc(=O)oc4c3)c(=O)oc2cc1O[C@@H]1O[C@@H](COC(=O)C[C@@](C)(O)CC(=O)O)[C@H](O)[C@H](O)[C@@H]1O. The van der Waals surface area contributed by atoms with Gasteiger partial charge in [-0.25, -0.2) is 9.59 Å². The van der Waals surface area contributed by atoms with Gasteiger partial charge in [0.2, 0.25) is 12.0 Å². The number of carboxylic acid groups (broad SMARTS) is 1. The first-order valence-corrected chi connectivity index (χ1v) is 14.1. The summed E-state index contributed by atoms with van der Waals surface area (Å²) in [6.45, 7) is 0.487. The molecule has 1 aliphatic heterocycles. The molecular weight excluding hydrogens is 628 g/mol. The van der Waals surface area contributed by atoms with Crippen LogP contribution in [0.2, 0.25) is 0 Å². The van der Waals surface area contributed by atoms with E-state index in [4.69, 9.17) is 37.6 Å². The van der Waals surface area contributed by atoms with Gasteiger partial charge in [-0.1, -0.05) is 0 Å². The predicted molar refractivity (Wildman–Crippen MR) is 157 cm³/mol. The molecule has 0 aliphatic carbocycles. The molecular formula is C31H30O16. The number of esters is 1. The quantitative estimate of drug-likeness (QED) is 0.112. The average Bonchev–Trinajstić information content (AvgIpc) is 2.99. The lowest BCUT2D eigenvalue weighted by Crippen LogP contribution is -2.60. The van der Waals surface area contributed by atoms with Crippen LogP contribution in [-0.2, 0) is 19.1 Å². The van der Waals surface area contributed by atoms with Crippen LogP contribution in [0, 0.1) is 0 Å². The molecule has 1 fully saturated rings. The van der Waals surface area contributed by atoms with Crippen molar-refractivity contribution in [2.75, 3.05) is 13.7 Å². The Morgan fingerprint density at radius 3 is 2.28 bits per heavy atom. The molecule has 3 heterocycles. The monoisotopic (exact) mass is 658 g/mol. The van der Waals surface area contributed by atoms with Gasteiger partial charge in [-0.2, -0.15) is 0 Å². The summed E-state index contributed by atoms with van der Waals surface area (Å²) in [5.41, 5.74) is -3.08. The second kappa shape index (κ2) is 13.4. The summed E-state index contributed by atoms with van der Waals surface area (Å²) < 4.78 is 38.0. The fraction of sp³-hybridized carbons (Fsp3) is 0.355. The summed E-state index contributed by atoms with van der Waals surface area (Å²) in [4.78, 5) is 47.5. The first-order valence-electron chi connectivity index (χ1n) is 14.1. The van der Waals surface area contributed by atoms with Gasteiger partial charge in [0, 0.05) is 29.0 Å². The molecule has 2 aromatic carbocycles. The number of rotatable bonds is 11. The van der Waals surface area contributed by atoms with Gasteiger partial charge in [0.15, 0.2) is 11.5 Å². The highest BCUT2D eigenvalue weighted by Crippen LogP contribution is 2.36. The number of hydrogen-bond acceptors (Lipinski definition) is 15. The van der Waals surface area contributed by atoms with E-state index in [1.807, 2.05) is 0 Å². The third-order valence-electron chi connectivity index (χ3n) is 7.19. The number of aliphatic hydroxyl groups is 4. The van der Waals surface area contributed by atoms with E-state index in [9.17, 15) is 39.6 Å². The summed E-state index contributed by atoms with van der Waals surface area (Å²) >= 11 is 0. The highest BCUT2D eigenvalue weighted by atomic mass is 16.7. The minimum Gasteiger partial charge on any atom is -0.493 e. The summed E-state index contributed by atoms with van der Waals surface area (Å²) in [5.74, 6) is -2.37. The number of fused-ring (bicyclic) bond motifs is 2. The van der Waals surface area contributed by atoms with Crippen LogP contribution in [-0.4, -0.2) is 87.5 Å². The van der Waals surface area contributed by atoms with Crippen molar-refractivity contribution in [1.29, 1.82) is 0 Å². The lowest BCUT2D eigenvalue weighted by atomic mass is 9.98. The third-order valence-corrected chi connectivity index (χ3v) is 7.19. The van der Waals surface area contributed by atoms with Crippen LogP contribution in [0.1, 0.15) is 19.8 Å². The van der Waals surface area contributed by atoms with Gasteiger partial charge < -0.3 is 58.1 Å². The molecule has 0 spiro atoms. The molecule has 0 radical (unpaired) electrons. The molecule has 47 heavy (non-hydrogen) atoms. The van der Waals surface area contributed by atoms with Crippen molar-refractivity contribution in [1.82, 2.24) is 0 Å². The van der Waals surface area contributed by atoms with E-state index in [1.165, 1.54) is 37.4 Å². The Bertz CT molecular complexity index is 1910. The fourth-order valence-electron chi connectivity index (χ4n) is 4.86. The molecule has 0 saturated carbocycles. The van der Waals surface area contributed by atoms with Crippen molar-refractivity contribution in [2.45, 2.75) is 56.1 Å². The molecule has 250 valence electrons. The molecule has 2 aromatic heterocycles. The highest BCUT2D eigenvalue weighted by molar-refractivity contribution is 5.82. The molecule has 1 aliphatic rings. The summed E-state index contributed by atoms with van der Waals surface area (Å²) in [7, 11) is 1.31. The largest absolute Gasteiger partial charge is 0.493 e. The average molecular weight is 659 g/mol. The van der Waals surface area contributed by atoms with Crippen molar-refractivity contribution in [3.05, 3.63) is 69.4 Å². The van der Waals surface area contributed by atoms with Gasteiger partial charge in [0.25, 0.3) is 0 Å². The number of benzene rings is 2. The maximum atomic E-state index is 12.8. The number of ether oxygens (including phenoxy) is 5. The topological polar surface area (TPSA) is 242 Å². The molecule has 0 unspecified atom stereocenters. The van der Waals surface area contributed by atoms with Gasteiger partial charge in [0.1, 0.15) is 47.9 Å². The Morgan fingerprint density at radius 1 is 0.851 bits per heavy atom. The third kappa shape index (κ3) is 7.70. The van der Waals surface area contributed by atoms with E-state index in [0.29, 0.717) is 10.8 Å². The summed E-state index contributed by atoms with van der Waals surface area (Å²) in [5, 5.41) is 51.3.